The number of hydrogen-bond acceptors (Lipinski definition) is 3. The Hall–Kier alpha value is -0.120. The predicted molar refractivity (Wildman–Crippen MR) is 276 cm³/mol. The van der Waals surface area contributed by atoms with Gasteiger partial charge in [0.1, 0.15) is 0 Å². The minimum absolute atomic E-state index is 0. The van der Waals surface area contributed by atoms with E-state index in [2.05, 4.69) is 141 Å². The first-order valence-corrected chi connectivity index (χ1v) is 25.5. The van der Waals surface area contributed by atoms with Crippen molar-refractivity contribution in [1.29, 1.82) is 0 Å². The summed E-state index contributed by atoms with van der Waals surface area (Å²) in [5.41, 5.74) is 3.23. The summed E-state index contributed by atoms with van der Waals surface area (Å²) in [6.07, 6.45) is 27.6. The summed E-state index contributed by atoms with van der Waals surface area (Å²) in [4.78, 5) is 4.99. The van der Waals surface area contributed by atoms with Crippen molar-refractivity contribution in [3.05, 3.63) is 0 Å². The van der Waals surface area contributed by atoms with Crippen LogP contribution in [0.2, 0.25) is 0 Å². The molecule has 0 amide bonds. The van der Waals surface area contributed by atoms with Gasteiger partial charge in [0.15, 0.2) is 0 Å². The van der Waals surface area contributed by atoms with E-state index in [1.807, 2.05) is 0 Å². The molecule has 6 fully saturated rings. The topological polar surface area (TPSA) is 15.7 Å². The van der Waals surface area contributed by atoms with E-state index in [1.165, 1.54) is 155 Å². The number of nitrogens with zero attached hydrogens (tertiary/aromatic N) is 2. The van der Waals surface area contributed by atoms with Gasteiger partial charge in [-0.2, -0.15) is 0 Å². The van der Waals surface area contributed by atoms with Crippen LogP contribution in [-0.4, -0.2) is 62.3 Å². The maximum atomic E-state index is 5.65. The summed E-state index contributed by atoms with van der Waals surface area (Å²) >= 11 is 0. The third kappa shape index (κ3) is 33.4. The lowest BCUT2D eigenvalue weighted by atomic mass is 9.69. The van der Waals surface area contributed by atoms with E-state index in [1.54, 1.807) is 0 Å². The summed E-state index contributed by atoms with van der Waals surface area (Å²) in [6.45, 7) is 49.4. The van der Waals surface area contributed by atoms with Crippen LogP contribution in [0.5, 0.6) is 0 Å². The van der Waals surface area contributed by atoms with Crippen molar-refractivity contribution in [2.24, 2.45) is 56.2 Å². The third-order valence-corrected chi connectivity index (χ3v) is 13.9. The molecule has 6 rings (SSSR count). The molecule has 2 aliphatic heterocycles. The van der Waals surface area contributed by atoms with Crippen LogP contribution in [0, 0.1) is 56.2 Å². The zero-order chi connectivity index (χ0) is 44.4. The summed E-state index contributed by atoms with van der Waals surface area (Å²) in [6, 6.07) is 0. The van der Waals surface area contributed by atoms with Gasteiger partial charge in [0.2, 0.25) is 0 Å². The second-order valence-electron chi connectivity index (χ2n) is 27.1. The van der Waals surface area contributed by atoms with Crippen LogP contribution >= 0.6 is 0 Å². The third-order valence-electron chi connectivity index (χ3n) is 13.9. The molecule has 2 saturated heterocycles. The van der Waals surface area contributed by atoms with E-state index in [4.69, 9.17) is 4.74 Å². The normalized spacial score (nSPS) is 21.2. The highest BCUT2D eigenvalue weighted by Crippen LogP contribution is 2.41. The van der Waals surface area contributed by atoms with Gasteiger partial charge in [0, 0.05) is 19.7 Å². The van der Waals surface area contributed by atoms with Crippen LogP contribution in [0.1, 0.15) is 261 Å². The molecule has 0 bridgehead atoms. The highest BCUT2D eigenvalue weighted by atomic mass is 16.5. The molecule has 60 heavy (non-hydrogen) atoms. The van der Waals surface area contributed by atoms with Crippen molar-refractivity contribution in [2.75, 3.05) is 46.4 Å². The zero-order valence-corrected chi connectivity index (χ0v) is 43.9. The number of likely N-dealkylation sites (tertiary alicyclic amines) is 2. The Balaban J connectivity index is 0. The SMILES string of the molecule is C.C.CC(C)(C)C1CCC1.CC(C)(C)C1CCCCC1.CC(C)(C)CC1CC1.CC(C)(C)CCN1CCCCC1.CC(C)(C)CCOC1CCC1.CN1CC(C(C)(C)C)C1. The van der Waals surface area contributed by atoms with Crippen molar-refractivity contribution < 1.29 is 4.74 Å². The molecule has 0 aromatic carbocycles. The Bertz CT molecular complexity index is 991. The molecular formula is C57H120N2O. The first kappa shape index (κ1) is 62.0. The maximum Gasteiger partial charge on any atom is 0.0575 e. The molecule has 3 nitrogen and oxygen atoms in total. The fraction of sp³-hybridized carbons (Fsp3) is 1.00. The Kier molecular flexibility index (Phi) is 29.7. The predicted octanol–water partition coefficient (Wildman–Crippen LogP) is 18.0. The van der Waals surface area contributed by atoms with Crippen LogP contribution in [0.25, 0.3) is 0 Å². The average Bonchev–Trinajstić information content (AvgIpc) is 3.82. The molecule has 0 atom stereocenters. The molecule has 6 aliphatic rings. The van der Waals surface area contributed by atoms with E-state index >= 15 is 0 Å². The molecule has 4 saturated carbocycles. The van der Waals surface area contributed by atoms with Crippen molar-refractivity contribution in [3.8, 4) is 0 Å². The van der Waals surface area contributed by atoms with Gasteiger partial charge >= 0.3 is 0 Å². The Morgan fingerprint density at radius 3 is 1.08 bits per heavy atom. The second-order valence-corrected chi connectivity index (χ2v) is 27.1. The lowest BCUT2D eigenvalue weighted by Crippen LogP contribution is -2.49. The van der Waals surface area contributed by atoms with Crippen LogP contribution in [-0.2, 0) is 4.74 Å². The van der Waals surface area contributed by atoms with Crippen molar-refractivity contribution in [3.63, 3.8) is 0 Å². The smallest absolute Gasteiger partial charge is 0.0575 e. The average molecular weight is 850 g/mol. The summed E-state index contributed by atoms with van der Waals surface area (Å²) in [5.74, 6) is 4.06. The first-order chi connectivity index (χ1) is 26.4. The number of rotatable bonds is 6. The molecule has 0 aromatic heterocycles. The Morgan fingerprint density at radius 2 is 0.833 bits per heavy atom. The first-order valence-electron chi connectivity index (χ1n) is 25.5. The summed E-state index contributed by atoms with van der Waals surface area (Å²) < 4.78 is 5.65. The number of ether oxygens (including phenoxy) is 1. The van der Waals surface area contributed by atoms with Crippen LogP contribution in [0.15, 0.2) is 0 Å². The van der Waals surface area contributed by atoms with Gasteiger partial charge in [0.25, 0.3) is 0 Å². The highest BCUT2D eigenvalue weighted by Gasteiger charge is 2.33. The van der Waals surface area contributed by atoms with Gasteiger partial charge in [-0.3, -0.25) is 0 Å². The van der Waals surface area contributed by atoms with Gasteiger partial charge in [-0.05, 0) is 160 Å². The molecular weight excluding hydrogens is 729 g/mol. The molecule has 0 unspecified atom stereocenters. The maximum absolute atomic E-state index is 5.65. The Labute approximate surface area is 383 Å². The molecule has 0 N–H and O–H groups in total. The standard InChI is InChI=1S/C11H23N.C10H20O.C10H20.C8H17N.2C8H16.2CH4/c1-11(2,3)7-10-12-8-5-4-6-9-12;1-10(2,3)7-8-11-9-5-4-6-9;1-10(2,3)9-7-5-4-6-8-9;1-8(2,3)7-5-9(4)6-7;1-8(2,3)6-7-4-5-7;1-8(2,3)7-5-4-6-7;;/h4-10H2,1-3H3;9H,4-8H2,1-3H3;9H,4-8H2,1-3H3;7H,5-6H2,1-4H3;2*7H,4-6H2,1-3H3;2*1H4. The van der Waals surface area contributed by atoms with E-state index in [-0.39, 0.29) is 14.9 Å². The molecule has 2 heterocycles. The van der Waals surface area contributed by atoms with E-state index < -0.39 is 0 Å². The Morgan fingerprint density at radius 1 is 0.433 bits per heavy atom. The van der Waals surface area contributed by atoms with Gasteiger partial charge in [-0.25, -0.2) is 0 Å². The van der Waals surface area contributed by atoms with Crippen LogP contribution < -0.4 is 0 Å². The monoisotopic (exact) mass is 849 g/mol. The second kappa shape index (κ2) is 28.7. The highest BCUT2D eigenvalue weighted by molar-refractivity contribution is 4.86. The lowest BCUT2D eigenvalue weighted by molar-refractivity contribution is -0.00809. The molecule has 3 heteroatoms. The van der Waals surface area contributed by atoms with E-state index in [0.717, 1.165) is 30.3 Å². The van der Waals surface area contributed by atoms with Crippen LogP contribution in [0.3, 0.4) is 0 Å². The molecule has 4 aliphatic carbocycles. The molecule has 0 aromatic rings. The van der Waals surface area contributed by atoms with Crippen molar-refractivity contribution >= 4 is 0 Å². The summed E-state index contributed by atoms with van der Waals surface area (Å²) in [7, 11) is 2.18. The number of hydrogen-bond donors (Lipinski definition) is 0. The summed E-state index contributed by atoms with van der Waals surface area (Å²) in [5, 5.41) is 0. The molecule has 0 spiro atoms. The van der Waals surface area contributed by atoms with Gasteiger partial charge < -0.3 is 14.5 Å². The molecule has 0 radical (unpaired) electrons. The van der Waals surface area contributed by atoms with Crippen LogP contribution in [0.4, 0.5) is 0 Å². The van der Waals surface area contributed by atoms with E-state index in [9.17, 15) is 0 Å². The molecule has 364 valence electrons. The lowest BCUT2D eigenvalue weighted by Gasteiger charge is -2.44. The van der Waals surface area contributed by atoms with Gasteiger partial charge in [-0.15, -0.1) is 0 Å². The van der Waals surface area contributed by atoms with Gasteiger partial charge in [-0.1, -0.05) is 184 Å². The fourth-order valence-corrected chi connectivity index (χ4v) is 8.42. The fourth-order valence-electron chi connectivity index (χ4n) is 8.42. The minimum atomic E-state index is 0. The van der Waals surface area contributed by atoms with E-state index in [0.29, 0.717) is 38.6 Å². The van der Waals surface area contributed by atoms with Gasteiger partial charge in [0.05, 0.1) is 6.10 Å². The number of piperidine rings is 1. The zero-order valence-electron chi connectivity index (χ0n) is 43.9. The van der Waals surface area contributed by atoms with Crippen molar-refractivity contribution in [2.45, 2.75) is 268 Å². The largest absolute Gasteiger partial charge is 0.378 e. The minimum Gasteiger partial charge on any atom is -0.378 e. The van der Waals surface area contributed by atoms with Crippen molar-refractivity contribution in [1.82, 2.24) is 9.80 Å². The quantitative estimate of drug-likeness (QED) is 0.265.